The summed E-state index contributed by atoms with van der Waals surface area (Å²) in [4.78, 5) is 2.35. The molecular weight excluding hydrogens is 767 g/mol. The van der Waals surface area contributed by atoms with E-state index in [0.29, 0.717) is 0 Å². The lowest BCUT2D eigenvalue weighted by Gasteiger charge is -2.27. The van der Waals surface area contributed by atoms with Crippen LogP contribution in [0.3, 0.4) is 0 Å². The fourth-order valence-corrected chi connectivity index (χ4v) is 9.28. The molecule has 63 heavy (non-hydrogen) atoms. The maximum Gasteiger partial charge on any atom is 0.159 e. The molecule has 0 radical (unpaired) electrons. The fourth-order valence-electron chi connectivity index (χ4n) is 9.28. The number of hydrogen-bond acceptors (Lipinski definition) is 3. The summed E-state index contributed by atoms with van der Waals surface area (Å²) in [7, 11) is 0. The van der Waals surface area contributed by atoms with E-state index in [0.717, 1.165) is 99.9 Å². The fraction of sp³-hybridized carbons (Fsp3) is 0. The zero-order valence-electron chi connectivity index (χ0n) is 34.3. The molecule has 0 bridgehead atoms. The molecule has 0 saturated heterocycles. The molecular formula is C60H39NO2. The van der Waals surface area contributed by atoms with E-state index < -0.39 is 0 Å². The normalized spacial score (nSPS) is 11.5. The van der Waals surface area contributed by atoms with E-state index in [9.17, 15) is 0 Å². The van der Waals surface area contributed by atoms with Crippen LogP contribution in [0.2, 0.25) is 0 Å². The molecule has 0 aliphatic heterocycles. The van der Waals surface area contributed by atoms with Crippen LogP contribution in [0, 0.1) is 0 Å². The van der Waals surface area contributed by atoms with Crippen LogP contribution in [0.15, 0.2) is 245 Å². The number of hydrogen-bond donors (Lipinski definition) is 0. The summed E-state index contributed by atoms with van der Waals surface area (Å²) in [5.41, 5.74) is 17.6. The highest BCUT2D eigenvalue weighted by Gasteiger charge is 2.25. The van der Waals surface area contributed by atoms with Gasteiger partial charge in [0.05, 0.1) is 16.8 Å². The van der Waals surface area contributed by atoms with E-state index >= 15 is 0 Å². The zero-order chi connectivity index (χ0) is 41.7. The van der Waals surface area contributed by atoms with Gasteiger partial charge in [-0.25, -0.2) is 0 Å². The van der Waals surface area contributed by atoms with Crippen LogP contribution in [0.25, 0.3) is 99.5 Å². The number of fused-ring (bicyclic) bond motifs is 6. The van der Waals surface area contributed by atoms with Crippen LogP contribution in [-0.4, -0.2) is 0 Å². The van der Waals surface area contributed by atoms with Gasteiger partial charge >= 0.3 is 0 Å². The van der Waals surface area contributed by atoms with Gasteiger partial charge in [0, 0.05) is 27.4 Å². The number of rotatable bonds is 8. The smallest absolute Gasteiger partial charge is 0.159 e. The van der Waals surface area contributed by atoms with Gasteiger partial charge in [0.15, 0.2) is 5.58 Å². The first kappa shape index (κ1) is 36.5. The third-order valence-corrected chi connectivity index (χ3v) is 12.3. The molecule has 2 aromatic heterocycles. The van der Waals surface area contributed by atoms with Crippen LogP contribution in [0.5, 0.6) is 0 Å². The SMILES string of the molecule is c1ccc(-c2ccc3c(c2)oc2c(N(c4ccc(-c5ccccc5-c5ccccc5)cc4)c4ccc(-c5ccccc5)c5oc6cc(-c7ccccc7)ccc6c45)cccc23)cc1. The Morgan fingerprint density at radius 3 is 1.35 bits per heavy atom. The summed E-state index contributed by atoms with van der Waals surface area (Å²) in [6.07, 6.45) is 0. The lowest BCUT2D eigenvalue weighted by molar-refractivity contribution is 0.668. The van der Waals surface area contributed by atoms with Crippen LogP contribution in [0.1, 0.15) is 0 Å². The Hall–Kier alpha value is -8.40. The first-order chi connectivity index (χ1) is 31.2. The maximum absolute atomic E-state index is 7.04. The van der Waals surface area contributed by atoms with Gasteiger partial charge in [0.1, 0.15) is 16.7 Å². The van der Waals surface area contributed by atoms with Crippen molar-refractivity contribution in [3.8, 4) is 55.6 Å². The predicted molar refractivity (Wildman–Crippen MR) is 263 cm³/mol. The molecule has 0 N–H and O–H groups in total. The van der Waals surface area contributed by atoms with Crippen molar-refractivity contribution in [2.45, 2.75) is 0 Å². The highest BCUT2D eigenvalue weighted by atomic mass is 16.3. The first-order valence-corrected chi connectivity index (χ1v) is 21.4. The summed E-state index contributed by atoms with van der Waals surface area (Å²) in [5.74, 6) is 0. The minimum absolute atomic E-state index is 0.815. The Balaban J connectivity index is 1.10. The lowest BCUT2D eigenvalue weighted by atomic mass is 9.94. The number of furan rings is 2. The van der Waals surface area contributed by atoms with E-state index in [2.05, 4.69) is 235 Å². The van der Waals surface area contributed by atoms with E-state index in [-0.39, 0.29) is 0 Å². The highest BCUT2D eigenvalue weighted by Crippen LogP contribution is 2.49. The molecule has 0 spiro atoms. The lowest BCUT2D eigenvalue weighted by Crippen LogP contribution is -2.11. The van der Waals surface area contributed by atoms with Crippen molar-refractivity contribution < 1.29 is 8.83 Å². The minimum Gasteiger partial charge on any atom is -0.455 e. The number of benzene rings is 10. The molecule has 296 valence electrons. The molecule has 0 aliphatic rings. The van der Waals surface area contributed by atoms with E-state index in [1.54, 1.807) is 0 Å². The molecule has 3 nitrogen and oxygen atoms in total. The van der Waals surface area contributed by atoms with Gasteiger partial charge in [-0.15, -0.1) is 0 Å². The van der Waals surface area contributed by atoms with Gasteiger partial charge in [0.2, 0.25) is 0 Å². The molecule has 0 fully saturated rings. The van der Waals surface area contributed by atoms with Gasteiger partial charge in [-0.05, 0) is 105 Å². The Morgan fingerprint density at radius 1 is 0.270 bits per heavy atom. The van der Waals surface area contributed by atoms with Crippen LogP contribution >= 0.6 is 0 Å². The molecule has 10 aromatic carbocycles. The van der Waals surface area contributed by atoms with Gasteiger partial charge in [0.25, 0.3) is 0 Å². The maximum atomic E-state index is 7.04. The summed E-state index contributed by atoms with van der Waals surface area (Å²) >= 11 is 0. The van der Waals surface area contributed by atoms with Gasteiger partial charge < -0.3 is 13.7 Å². The Bertz CT molecular complexity index is 3590. The second-order valence-corrected chi connectivity index (χ2v) is 16.0. The highest BCUT2D eigenvalue weighted by molar-refractivity contribution is 6.19. The number of anilines is 3. The van der Waals surface area contributed by atoms with Crippen molar-refractivity contribution in [2.24, 2.45) is 0 Å². The molecule has 2 heterocycles. The van der Waals surface area contributed by atoms with Crippen LogP contribution in [-0.2, 0) is 0 Å². The third kappa shape index (κ3) is 6.38. The van der Waals surface area contributed by atoms with Crippen LogP contribution in [0.4, 0.5) is 17.1 Å². The minimum atomic E-state index is 0.815. The zero-order valence-corrected chi connectivity index (χ0v) is 34.3. The van der Waals surface area contributed by atoms with E-state index in [4.69, 9.17) is 8.83 Å². The van der Waals surface area contributed by atoms with Crippen molar-refractivity contribution in [1.29, 1.82) is 0 Å². The molecule has 12 rings (SSSR count). The standard InChI is InChI=1S/C60H39NO2/c1-5-16-40(17-6-1)45-30-34-51-52-26-15-27-55(59(52)62-56(51)38-45)61(47-32-28-44(29-33-47)49-25-14-13-24-48(49)42-20-9-3-10-21-42)54-37-36-50(43-22-11-4-12-23-43)60-58(54)53-35-31-46(39-57(53)63-60)41-18-7-2-8-19-41/h1-39H. The molecule has 12 aromatic rings. The summed E-state index contributed by atoms with van der Waals surface area (Å²) in [6, 6.07) is 83.8. The summed E-state index contributed by atoms with van der Waals surface area (Å²) < 4.78 is 14.0. The van der Waals surface area contributed by atoms with Crippen LogP contribution < -0.4 is 4.90 Å². The number of nitrogens with zero attached hydrogens (tertiary/aromatic N) is 1. The van der Waals surface area contributed by atoms with Gasteiger partial charge in [-0.2, -0.15) is 0 Å². The number of para-hydroxylation sites is 1. The Kier molecular flexibility index (Phi) is 8.83. The third-order valence-electron chi connectivity index (χ3n) is 12.3. The van der Waals surface area contributed by atoms with E-state index in [1.165, 1.54) is 16.7 Å². The summed E-state index contributed by atoms with van der Waals surface area (Å²) in [6.45, 7) is 0. The van der Waals surface area contributed by atoms with Gasteiger partial charge in [-0.1, -0.05) is 182 Å². The molecule has 0 amide bonds. The van der Waals surface area contributed by atoms with Crippen molar-refractivity contribution in [3.63, 3.8) is 0 Å². The topological polar surface area (TPSA) is 29.5 Å². The van der Waals surface area contributed by atoms with Crippen molar-refractivity contribution in [3.05, 3.63) is 237 Å². The Labute approximate surface area is 365 Å². The van der Waals surface area contributed by atoms with Gasteiger partial charge in [-0.3, -0.25) is 0 Å². The predicted octanol–water partition coefficient (Wildman–Crippen LogP) is 17.3. The quantitative estimate of drug-likeness (QED) is 0.153. The van der Waals surface area contributed by atoms with Crippen molar-refractivity contribution >= 4 is 60.9 Å². The summed E-state index contributed by atoms with van der Waals surface area (Å²) in [5, 5.41) is 4.21. The molecule has 0 unspecified atom stereocenters. The average Bonchev–Trinajstić information content (AvgIpc) is 3.94. The molecule has 3 heteroatoms. The first-order valence-electron chi connectivity index (χ1n) is 21.4. The molecule has 0 atom stereocenters. The molecule has 0 aliphatic carbocycles. The van der Waals surface area contributed by atoms with Crippen molar-refractivity contribution in [2.75, 3.05) is 4.90 Å². The average molecular weight is 806 g/mol. The Morgan fingerprint density at radius 2 is 0.746 bits per heavy atom. The molecule has 0 saturated carbocycles. The largest absolute Gasteiger partial charge is 0.455 e. The monoisotopic (exact) mass is 805 g/mol. The second kappa shape index (κ2) is 15.3. The van der Waals surface area contributed by atoms with E-state index in [1.807, 2.05) is 6.07 Å². The second-order valence-electron chi connectivity index (χ2n) is 16.0. The van der Waals surface area contributed by atoms with Crippen molar-refractivity contribution in [1.82, 2.24) is 0 Å².